The first kappa shape index (κ1) is 19.9. The van der Waals surface area contributed by atoms with Gasteiger partial charge in [-0.05, 0) is 24.1 Å². The van der Waals surface area contributed by atoms with Crippen LogP contribution in [0.15, 0.2) is 64.0 Å². The van der Waals surface area contributed by atoms with Gasteiger partial charge in [-0.2, -0.15) is 0 Å². The standard InChI is InChI=1S/C19H22N4O4/c1-4-10-21-17(25)22(11-5-2)19(27)23(18(21)26)13-16(24)20-15-9-7-8-14(6-3)12-15/h4-5,7-9,12H,1-2,6,10-11,13H2,3H3,(H,20,24). The number of nitrogens with zero attached hydrogens (tertiary/aromatic N) is 3. The van der Waals surface area contributed by atoms with Crippen LogP contribution in [-0.2, 0) is 30.8 Å². The van der Waals surface area contributed by atoms with Gasteiger partial charge in [-0.25, -0.2) is 28.1 Å². The average Bonchev–Trinajstić information content (AvgIpc) is 2.66. The maximum Gasteiger partial charge on any atom is 0.337 e. The number of carbonyl (C=O) groups is 1. The number of anilines is 1. The van der Waals surface area contributed by atoms with E-state index in [1.807, 2.05) is 25.1 Å². The van der Waals surface area contributed by atoms with E-state index >= 15 is 0 Å². The number of hydrogen-bond acceptors (Lipinski definition) is 4. The molecule has 2 rings (SSSR count). The molecule has 8 heteroatoms. The molecule has 0 saturated carbocycles. The average molecular weight is 370 g/mol. The summed E-state index contributed by atoms with van der Waals surface area (Å²) in [5, 5.41) is 2.66. The van der Waals surface area contributed by atoms with Crippen LogP contribution in [-0.4, -0.2) is 19.6 Å². The molecule has 0 aliphatic heterocycles. The van der Waals surface area contributed by atoms with Gasteiger partial charge >= 0.3 is 17.1 Å². The van der Waals surface area contributed by atoms with Crippen molar-refractivity contribution in [2.75, 3.05) is 5.32 Å². The van der Waals surface area contributed by atoms with Crippen molar-refractivity contribution in [3.05, 3.63) is 86.6 Å². The van der Waals surface area contributed by atoms with Crippen LogP contribution in [0.4, 0.5) is 5.69 Å². The largest absolute Gasteiger partial charge is 0.337 e. The number of aromatic nitrogens is 3. The Labute approximate surface area is 155 Å². The molecule has 8 nitrogen and oxygen atoms in total. The molecule has 1 heterocycles. The molecule has 0 atom stereocenters. The van der Waals surface area contributed by atoms with Crippen molar-refractivity contribution in [3.63, 3.8) is 0 Å². The molecule has 2 aromatic rings. The molecule has 0 unspecified atom stereocenters. The molecule has 27 heavy (non-hydrogen) atoms. The van der Waals surface area contributed by atoms with Gasteiger partial charge in [-0.1, -0.05) is 31.2 Å². The summed E-state index contributed by atoms with van der Waals surface area (Å²) in [5.74, 6) is -0.545. The monoisotopic (exact) mass is 370 g/mol. The predicted molar refractivity (Wildman–Crippen MR) is 104 cm³/mol. The lowest BCUT2D eigenvalue weighted by molar-refractivity contribution is -0.116. The van der Waals surface area contributed by atoms with Crippen LogP contribution in [0.5, 0.6) is 0 Å². The fourth-order valence-electron chi connectivity index (χ4n) is 2.60. The Morgan fingerprint density at radius 1 is 1.00 bits per heavy atom. The molecule has 1 aromatic heterocycles. The van der Waals surface area contributed by atoms with Gasteiger partial charge in [0, 0.05) is 5.69 Å². The van der Waals surface area contributed by atoms with Crippen molar-refractivity contribution in [3.8, 4) is 0 Å². The Bertz CT molecular complexity index is 995. The van der Waals surface area contributed by atoms with E-state index in [1.165, 1.54) is 12.2 Å². The number of aryl methyl sites for hydroxylation is 1. The maximum absolute atomic E-state index is 12.5. The van der Waals surface area contributed by atoms with Gasteiger partial charge in [-0.3, -0.25) is 4.79 Å². The lowest BCUT2D eigenvalue weighted by atomic mass is 10.1. The van der Waals surface area contributed by atoms with Crippen molar-refractivity contribution in [2.24, 2.45) is 0 Å². The van der Waals surface area contributed by atoms with Crippen molar-refractivity contribution < 1.29 is 4.79 Å². The number of carbonyl (C=O) groups excluding carboxylic acids is 1. The molecule has 1 N–H and O–H groups in total. The molecule has 0 saturated heterocycles. The number of hydrogen-bond donors (Lipinski definition) is 1. The molecular weight excluding hydrogens is 348 g/mol. The highest BCUT2D eigenvalue weighted by Gasteiger charge is 2.16. The van der Waals surface area contributed by atoms with Gasteiger partial charge < -0.3 is 5.32 Å². The molecule has 0 aliphatic rings. The van der Waals surface area contributed by atoms with E-state index in [2.05, 4.69) is 18.5 Å². The van der Waals surface area contributed by atoms with Crippen LogP contribution >= 0.6 is 0 Å². The maximum atomic E-state index is 12.5. The van der Waals surface area contributed by atoms with Gasteiger partial charge in [0.15, 0.2) is 0 Å². The fraction of sp³-hybridized carbons (Fsp3) is 0.263. The lowest BCUT2D eigenvalue weighted by Crippen LogP contribution is -2.55. The summed E-state index contributed by atoms with van der Waals surface area (Å²) in [6.07, 6.45) is 3.54. The summed E-state index contributed by atoms with van der Waals surface area (Å²) in [6.45, 7) is 8.34. The summed E-state index contributed by atoms with van der Waals surface area (Å²) in [5.41, 5.74) is -0.876. The third kappa shape index (κ3) is 4.41. The molecule has 142 valence electrons. The van der Waals surface area contributed by atoms with Crippen LogP contribution < -0.4 is 22.4 Å². The number of benzene rings is 1. The normalized spacial score (nSPS) is 10.4. The minimum absolute atomic E-state index is 0.0742. The number of amides is 1. The second-order valence-corrected chi connectivity index (χ2v) is 5.83. The molecule has 1 aromatic carbocycles. The molecule has 0 spiro atoms. The third-order valence-electron chi connectivity index (χ3n) is 3.93. The zero-order valence-corrected chi connectivity index (χ0v) is 15.2. The predicted octanol–water partition coefficient (Wildman–Crippen LogP) is 0.745. The number of nitrogens with one attached hydrogen (secondary N) is 1. The summed E-state index contributed by atoms with van der Waals surface area (Å²) in [7, 11) is 0. The summed E-state index contributed by atoms with van der Waals surface area (Å²) >= 11 is 0. The highest BCUT2D eigenvalue weighted by atomic mass is 16.2. The second kappa shape index (κ2) is 8.79. The Kier molecular flexibility index (Phi) is 6.48. The van der Waals surface area contributed by atoms with Crippen molar-refractivity contribution >= 4 is 11.6 Å². The van der Waals surface area contributed by atoms with Crippen LogP contribution in [0.3, 0.4) is 0 Å². The van der Waals surface area contributed by atoms with Crippen LogP contribution in [0, 0.1) is 0 Å². The van der Waals surface area contributed by atoms with E-state index < -0.39 is 29.5 Å². The molecule has 1 amide bonds. The summed E-state index contributed by atoms with van der Waals surface area (Å²) in [6, 6.07) is 7.27. The van der Waals surface area contributed by atoms with Crippen molar-refractivity contribution in [1.82, 2.24) is 13.7 Å². The van der Waals surface area contributed by atoms with Gasteiger partial charge in [0.05, 0.1) is 13.1 Å². The molecule has 0 radical (unpaired) electrons. The topological polar surface area (TPSA) is 95.1 Å². The smallest absolute Gasteiger partial charge is 0.325 e. The lowest BCUT2D eigenvalue weighted by Gasteiger charge is -2.12. The van der Waals surface area contributed by atoms with E-state index in [0.29, 0.717) is 5.69 Å². The first-order chi connectivity index (χ1) is 12.9. The molecule has 0 bridgehead atoms. The van der Waals surface area contributed by atoms with Gasteiger partial charge in [0.2, 0.25) is 5.91 Å². The highest BCUT2D eigenvalue weighted by molar-refractivity contribution is 5.90. The first-order valence-corrected chi connectivity index (χ1v) is 8.48. The zero-order chi connectivity index (χ0) is 20.0. The minimum atomic E-state index is -0.859. The van der Waals surface area contributed by atoms with E-state index in [9.17, 15) is 19.2 Å². The SMILES string of the molecule is C=CCn1c(=O)n(CC=C)c(=O)n(CC(=O)Nc2cccc(CC)c2)c1=O. The van der Waals surface area contributed by atoms with Crippen molar-refractivity contribution in [2.45, 2.75) is 33.0 Å². The van der Waals surface area contributed by atoms with Crippen LogP contribution in [0.1, 0.15) is 12.5 Å². The van der Waals surface area contributed by atoms with Gasteiger partial charge in [0.25, 0.3) is 0 Å². The van der Waals surface area contributed by atoms with E-state index in [1.54, 1.807) is 6.07 Å². The Morgan fingerprint density at radius 2 is 1.56 bits per heavy atom. The van der Waals surface area contributed by atoms with E-state index in [0.717, 1.165) is 25.7 Å². The van der Waals surface area contributed by atoms with Crippen LogP contribution in [0.25, 0.3) is 0 Å². The third-order valence-corrected chi connectivity index (χ3v) is 3.93. The number of allylic oxidation sites excluding steroid dienone is 2. The van der Waals surface area contributed by atoms with Crippen LogP contribution in [0.2, 0.25) is 0 Å². The quantitative estimate of drug-likeness (QED) is 0.694. The van der Waals surface area contributed by atoms with E-state index in [4.69, 9.17) is 0 Å². The summed E-state index contributed by atoms with van der Waals surface area (Å²) < 4.78 is 2.43. The number of rotatable bonds is 8. The fourth-order valence-corrected chi connectivity index (χ4v) is 2.60. The second-order valence-electron chi connectivity index (χ2n) is 5.83. The Hall–Kier alpha value is -3.42. The zero-order valence-electron chi connectivity index (χ0n) is 15.2. The highest BCUT2D eigenvalue weighted by Crippen LogP contribution is 2.10. The Balaban J connectivity index is 2.42. The molecule has 0 aliphatic carbocycles. The van der Waals surface area contributed by atoms with Gasteiger partial charge in [0.1, 0.15) is 6.54 Å². The van der Waals surface area contributed by atoms with Gasteiger partial charge in [-0.15, -0.1) is 13.2 Å². The minimum Gasteiger partial charge on any atom is -0.325 e. The molecule has 0 fully saturated rings. The first-order valence-electron chi connectivity index (χ1n) is 8.48. The summed E-state index contributed by atoms with van der Waals surface area (Å²) in [4.78, 5) is 49.7. The van der Waals surface area contributed by atoms with E-state index in [-0.39, 0.29) is 13.1 Å². The molecular formula is C19H22N4O4. The Morgan fingerprint density at radius 3 is 2.07 bits per heavy atom. The van der Waals surface area contributed by atoms with Crippen molar-refractivity contribution in [1.29, 1.82) is 0 Å².